The molecule has 0 amide bonds. The van der Waals surface area contributed by atoms with Gasteiger partial charge in [0.15, 0.2) is 0 Å². The predicted molar refractivity (Wildman–Crippen MR) is 83.7 cm³/mol. The standard InChI is InChI=1S/C18H22F3NO2/c1-17(2,8-7-11-3-4-11)24-16(23)15-10-12-9-13(18(19,20)21)5-6-14(12)22-15/h5-6,10-12,22H,3-4,7-9H2,1-2H3. The van der Waals surface area contributed by atoms with Crippen molar-refractivity contribution >= 4 is 5.97 Å². The van der Waals surface area contributed by atoms with Gasteiger partial charge in [0.05, 0.1) is 0 Å². The molecule has 0 saturated heterocycles. The molecule has 3 aliphatic rings. The first-order chi connectivity index (χ1) is 11.1. The number of nitrogens with one attached hydrogen (secondary N) is 1. The second-order valence-electron chi connectivity index (χ2n) is 7.46. The first-order valence-electron chi connectivity index (χ1n) is 8.34. The summed E-state index contributed by atoms with van der Waals surface area (Å²) >= 11 is 0. The van der Waals surface area contributed by atoms with Crippen LogP contribution in [0.15, 0.2) is 35.2 Å². The van der Waals surface area contributed by atoms with Crippen LogP contribution in [0, 0.1) is 11.8 Å². The van der Waals surface area contributed by atoms with Crippen molar-refractivity contribution in [2.45, 2.75) is 57.7 Å². The fraction of sp³-hybridized carbons (Fsp3) is 0.611. The highest BCUT2D eigenvalue weighted by molar-refractivity contribution is 5.89. The Kier molecular flexibility index (Phi) is 4.26. The van der Waals surface area contributed by atoms with Gasteiger partial charge in [0.1, 0.15) is 11.3 Å². The second-order valence-corrected chi connectivity index (χ2v) is 7.46. The minimum absolute atomic E-state index is 0.149. The van der Waals surface area contributed by atoms with Gasteiger partial charge in [-0.3, -0.25) is 0 Å². The summed E-state index contributed by atoms with van der Waals surface area (Å²) < 4.78 is 44.0. The van der Waals surface area contributed by atoms with Gasteiger partial charge in [-0.05, 0) is 51.2 Å². The van der Waals surface area contributed by atoms with E-state index in [2.05, 4.69) is 5.32 Å². The Morgan fingerprint density at radius 3 is 2.62 bits per heavy atom. The van der Waals surface area contributed by atoms with Gasteiger partial charge < -0.3 is 10.1 Å². The zero-order valence-corrected chi connectivity index (χ0v) is 13.9. The van der Waals surface area contributed by atoms with Crippen LogP contribution in [0.3, 0.4) is 0 Å². The van der Waals surface area contributed by atoms with E-state index in [1.54, 1.807) is 6.08 Å². The normalized spacial score (nSPS) is 23.7. The summed E-state index contributed by atoms with van der Waals surface area (Å²) in [5.41, 5.74) is -0.290. The average molecular weight is 341 g/mol. The summed E-state index contributed by atoms with van der Waals surface area (Å²) in [7, 11) is 0. The molecule has 0 bridgehead atoms. The lowest BCUT2D eigenvalue weighted by Gasteiger charge is -2.25. The fourth-order valence-electron chi connectivity index (χ4n) is 3.05. The molecule has 1 heterocycles. The zero-order chi connectivity index (χ0) is 17.5. The van der Waals surface area contributed by atoms with Gasteiger partial charge in [-0.15, -0.1) is 0 Å². The lowest BCUT2D eigenvalue weighted by Crippen LogP contribution is -2.31. The van der Waals surface area contributed by atoms with Gasteiger partial charge in [-0.25, -0.2) is 4.79 Å². The molecule has 1 aliphatic heterocycles. The Morgan fingerprint density at radius 1 is 1.29 bits per heavy atom. The first-order valence-corrected chi connectivity index (χ1v) is 8.34. The summed E-state index contributed by atoms with van der Waals surface area (Å²) in [5, 5.41) is 2.90. The second kappa shape index (κ2) is 5.97. The summed E-state index contributed by atoms with van der Waals surface area (Å²) in [6.45, 7) is 3.75. The molecule has 2 aliphatic carbocycles. The zero-order valence-electron chi connectivity index (χ0n) is 13.9. The maximum Gasteiger partial charge on any atom is 0.412 e. The van der Waals surface area contributed by atoms with Crippen molar-refractivity contribution in [3.63, 3.8) is 0 Å². The number of rotatable bonds is 5. The van der Waals surface area contributed by atoms with Crippen LogP contribution in [0.1, 0.15) is 46.0 Å². The molecular formula is C18H22F3NO2. The molecule has 1 fully saturated rings. The molecule has 3 nitrogen and oxygen atoms in total. The van der Waals surface area contributed by atoms with Crippen molar-refractivity contribution < 1.29 is 22.7 Å². The summed E-state index contributed by atoms with van der Waals surface area (Å²) in [6, 6.07) is 0. The molecule has 6 heteroatoms. The van der Waals surface area contributed by atoms with Crippen LogP contribution in [0.5, 0.6) is 0 Å². The molecule has 1 saturated carbocycles. The molecular weight excluding hydrogens is 319 g/mol. The summed E-state index contributed by atoms with van der Waals surface area (Å²) in [4.78, 5) is 12.3. The predicted octanol–water partition coefficient (Wildman–Crippen LogP) is 4.38. The van der Waals surface area contributed by atoms with Crippen molar-refractivity contribution in [2.24, 2.45) is 11.8 Å². The van der Waals surface area contributed by atoms with Gasteiger partial charge in [0, 0.05) is 17.2 Å². The Morgan fingerprint density at radius 2 is 2.00 bits per heavy atom. The van der Waals surface area contributed by atoms with E-state index in [0.717, 1.165) is 24.8 Å². The number of fused-ring (bicyclic) bond motifs is 1. The van der Waals surface area contributed by atoms with Crippen LogP contribution in [0.2, 0.25) is 0 Å². The number of ether oxygens (including phenoxy) is 1. The third-order valence-electron chi connectivity index (χ3n) is 4.75. The van der Waals surface area contributed by atoms with Crippen molar-refractivity contribution in [3.8, 4) is 0 Å². The lowest BCUT2D eigenvalue weighted by atomic mass is 9.92. The Hall–Kier alpha value is -1.72. The SMILES string of the molecule is CC(C)(CCC1CC1)OC(=O)C1=CC2CC(C(F)(F)F)=CC=C2N1. The smallest absolute Gasteiger partial charge is 0.412 e. The van der Waals surface area contributed by atoms with E-state index >= 15 is 0 Å². The summed E-state index contributed by atoms with van der Waals surface area (Å²) in [6.07, 6.45) is 3.87. The largest absolute Gasteiger partial charge is 0.455 e. The average Bonchev–Trinajstić information content (AvgIpc) is 3.20. The number of hydrogen-bond acceptors (Lipinski definition) is 3. The molecule has 0 aromatic heterocycles. The molecule has 0 radical (unpaired) electrons. The van der Waals surface area contributed by atoms with E-state index in [1.807, 2.05) is 13.8 Å². The van der Waals surface area contributed by atoms with Gasteiger partial charge in [0.2, 0.25) is 0 Å². The van der Waals surface area contributed by atoms with Crippen LogP contribution in [-0.2, 0) is 9.53 Å². The number of esters is 1. The van der Waals surface area contributed by atoms with E-state index in [9.17, 15) is 18.0 Å². The third-order valence-corrected chi connectivity index (χ3v) is 4.75. The molecule has 1 atom stereocenters. The molecule has 3 rings (SSSR count). The number of allylic oxidation sites excluding steroid dienone is 4. The molecule has 1 unspecified atom stereocenters. The van der Waals surface area contributed by atoms with Crippen LogP contribution in [0.4, 0.5) is 13.2 Å². The molecule has 1 N–H and O–H groups in total. The van der Waals surface area contributed by atoms with Crippen LogP contribution < -0.4 is 5.32 Å². The van der Waals surface area contributed by atoms with E-state index in [1.165, 1.54) is 18.9 Å². The maximum atomic E-state index is 12.8. The third kappa shape index (κ3) is 4.02. The van der Waals surface area contributed by atoms with E-state index < -0.39 is 29.2 Å². The van der Waals surface area contributed by atoms with Crippen LogP contribution in [-0.4, -0.2) is 17.7 Å². The first kappa shape index (κ1) is 17.1. The number of halogens is 3. The van der Waals surface area contributed by atoms with E-state index in [0.29, 0.717) is 5.70 Å². The minimum Gasteiger partial charge on any atom is -0.455 e. The van der Waals surface area contributed by atoms with Crippen LogP contribution in [0.25, 0.3) is 0 Å². The van der Waals surface area contributed by atoms with Crippen molar-refractivity contribution in [3.05, 3.63) is 35.2 Å². The quantitative estimate of drug-likeness (QED) is 0.754. The number of carbonyl (C=O) groups excluding carboxylic acids is 1. The Bertz CT molecular complexity index is 625. The molecule has 0 spiro atoms. The minimum atomic E-state index is -4.33. The van der Waals surface area contributed by atoms with Gasteiger partial charge in [-0.1, -0.05) is 18.9 Å². The monoisotopic (exact) mass is 341 g/mol. The molecule has 0 aromatic carbocycles. The number of hydrogen-bond donors (Lipinski definition) is 1. The van der Waals surface area contributed by atoms with Gasteiger partial charge >= 0.3 is 12.1 Å². The fourth-order valence-corrected chi connectivity index (χ4v) is 3.05. The topological polar surface area (TPSA) is 38.3 Å². The maximum absolute atomic E-state index is 12.8. The number of carbonyl (C=O) groups is 1. The van der Waals surface area contributed by atoms with Crippen molar-refractivity contribution in [2.75, 3.05) is 0 Å². The van der Waals surface area contributed by atoms with Crippen molar-refractivity contribution in [1.29, 1.82) is 0 Å². The highest BCUT2D eigenvalue weighted by atomic mass is 19.4. The lowest BCUT2D eigenvalue weighted by molar-refractivity contribution is -0.152. The molecule has 0 aromatic rings. The molecule has 24 heavy (non-hydrogen) atoms. The number of alkyl halides is 3. The molecule has 132 valence electrons. The Labute approximate surface area is 139 Å². The Balaban J connectivity index is 1.60. The highest BCUT2D eigenvalue weighted by Gasteiger charge is 2.39. The summed E-state index contributed by atoms with van der Waals surface area (Å²) in [5.74, 6) is -0.185. The van der Waals surface area contributed by atoms with Gasteiger partial charge in [-0.2, -0.15) is 13.2 Å². The van der Waals surface area contributed by atoms with Gasteiger partial charge in [0.25, 0.3) is 0 Å². The van der Waals surface area contributed by atoms with E-state index in [-0.39, 0.29) is 12.1 Å². The highest BCUT2D eigenvalue weighted by Crippen LogP contribution is 2.39. The van der Waals surface area contributed by atoms with Crippen LogP contribution >= 0.6 is 0 Å². The van der Waals surface area contributed by atoms with E-state index in [4.69, 9.17) is 4.74 Å². The van der Waals surface area contributed by atoms with Crippen molar-refractivity contribution in [1.82, 2.24) is 5.32 Å².